The SMILES string of the molecule is CNc1ccc2[nH]c(C(F)(F)F)cc2c1.Cl. The first-order valence-electron chi connectivity index (χ1n) is 4.38. The van der Waals surface area contributed by atoms with Crippen LogP contribution in [0.5, 0.6) is 0 Å². The summed E-state index contributed by atoms with van der Waals surface area (Å²) in [6.07, 6.45) is -4.32. The minimum absolute atomic E-state index is 0. The zero-order valence-corrected chi connectivity index (χ0v) is 9.17. The normalized spacial score (nSPS) is 11.2. The number of halogens is 4. The highest BCUT2D eigenvalue weighted by molar-refractivity contribution is 5.85. The average Bonchev–Trinajstić information content (AvgIpc) is 2.59. The van der Waals surface area contributed by atoms with Crippen LogP contribution in [0.1, 0.15) is 5.69 Å². The van der Waals surface area contributed by atoms with Gasteiger partial charge in [0.05, 0.1) is 0 Å². The lowest BCUT2D eigenvalue weighted by molar-refractivity contribution is -0.140. The zero-order valence-electron chi connectivity index (χ0n) is 8.35. The Labute approximate surface area is 96.3 Å². The fourth-order valence-electron chi connectivity index (χ4n) is 1.44. The van der Waals surface area contributed by atoms with Crippen LogP contribution in [0.2, 0.25) is 0 Å². The molecule has 6 heteroatoms. The number of H-pyrrole nitrogens is 1. The van der Waals surface area contributed by atoms with Gasteiger partial charge in [-0.1, -0.05) is 0 Å². The van der Waals surface area contributed by atoms with E-state index in [4.69, 9.17) is 0 Å². The van der Waals surface area contributed by atoms with Gasteiger partial charge in [-0.3, -0.25) is 0 Å². The van der Waals surface area contributed by atoms with E-state index in [1.807, 2.05) is 0 Å². The number of alkyl halides is 3. The third kappa shape index (κ3) is 2.24. The molecule has 2 N–H and O–H groups in total. The zero-order chi connectivity index (χ0) is 11.1. The molecule has 1 heterocycles. The number of fused-ring (bicyclic) bond motifs is 1. The Bertz CT molecular complexity index is 490. The minimum Gasteiger partial charge on any atom is -0.388 e. The lowest BCUT2D eigenvalue weighted by atomic mass is 10.2. The molecule has 0 saturated carbocycles. The van der Waals surface area contributed by atoms with Gasteiger partial charge in [0.25, 0.3) is 0 Å². The van der Waals surface area contributed by atoms with Crippen LogP contribution in [-0.4, -0.2) is 12.0 Å². The Morgan fingerprint density at radius 1 is 1.19 bits per heavy atom. The number of nitrogens with one attached hydrogen (secondary N) is 2. The Balaban J connectivity index is 0.00000128. The molecule has 2 nitrogen and oxygen atoms in total. The predicted octanol–water partition coefficient (Wildman–Crippen LogP) is 3.65. The minimum atomic E-state index is -4.32. The average molecular weight is 251 g/mol. The number of hydrogen-bond acceptors (Lipinski definition) is 1. The summed E-state index contributed by atoms with van der Waals surface area (Å²) >= 11 is 0. The molecular weight excluding hydrogens is 241 g/mol. The molecule has 0 spiro atoms. The molecular formula is C10H10ClF3N2. The van der Waals surface area contributed by atoms with Crippen LogP contribution in [0.4, 0.5) is 18.9 Å². The third-order valence-corrected chi connectivity index (χ3v) is 2.21. The molecule has 88 valence electrons. The van der Waals surface area contributed by atoms with Gasteiger partial charge in [0.2, 0.25) is 0 Å². The molecule has 1 aromatic carbocycles. The second-order valence-corrected chi connectivity index (χ2v) is 3.23. The number of benzene rings is 1. The van der Waals surface area contributed by atoms with E-state index in [1.54, 1.807) is 25.2 Å². The van der Waals surface area contributed by atoms with Crippen molar-refractivity contribution in [3.63, 3.8) is 0 Å². The van der Waals surface area contributed by atoms with E-state index >= 15 is 0 Å². The second kappa shape index (κ2) is 4.25. The maximum Gasteiger partial charge on any atom is 0.431 e. The fourth-order valence-corrected chi connectivity index (χ4v) is 1.44. The molecule has 1 aromatic heterocycles. The van der Waals surface area contributed by atoms with Crippen molar-refractivity contribution in [3.05, 3.63) is 30.0 Å². The highest BCUT2D eigenvalue weighted by atomic mass is 35.5. The van der Waals surface area contributed by atoms with Crippen LogP contribution in [0.15, 0.2) is 24.3 Å². The molecule has 0 atom stereocenters. The van der Waals surface area contributed by atoms with Crippen LogP contribution in [0.25, 0.3) is 10.9 Å². The third-order valence-electron chi connectivity index (χ3n) is 2.21. The molecule has 0 saturated heterocycles. The van der Waals surface area contributed by atoms with Crippen molar-refractivity contribution in [2.45, 2.75) is 6.18 Å². The van der Waals surface area contributed by atoms with E-state index in [0.717, 1.165) is 11.8 Å². The van der Waals surface area contributed by atoms with Crippen molar-refractivity contribution in [2.24, 2.45) is 0 Å². The van der Waals surface area contributed by atoms with Gasteiger partial charge >= 0.3 is 6.18 Å². The highest BCUT2D eigenvalue weighted by Gasteiger charge is 2.32. The number of rotatable bonds is 1. The first-order valence-corrected chi connectivity index (χ1v) is 4.38. The lowest BCUT2D eigenvalue weighted by Gasteiger charge is -2.00. The smallest absolute Gasteiger partial charge is 0.388 e. The quantitative estimate of drug-likeness (QED) is 0.794. The van der Waals surface area contributed by atoms with Gasteiger partial charge in [0.15, 0.2) is 0 Å². The molecule has 16 heavy (non-hydrogen) atoms. The Morgan fingerprint density at radius 2 is 1.88 bits per heavy atom. The number of aromatic amines is 1. The van der Waals surface area contributed by atoms with E-state index in [9.17, 15) is 13.2 Å². The maximum absolute atomic E-state index is 12.4. The van der Waals surface area contributed by atoms with Gasteiger partial charge in [-0.05, 0) is 24.3 Å². The van der Waals surface area contributed by atoms with E-state index < -0.39 is 11.9 Å². The number of anilines is 1. The monoisotopic (exact) mass is 250 g/mol. The first-order chi connectivity index (χ1) is 7.00. The highest BCUT2D eigenvalue weighted by Crippen LogP contribution is 2.31. The summed E-state index contributed by atoms with van der Waals surface area (Å²) in [5.74, 6) is 0. The van der Waals surface area contributed by atoms with E-state index in [-0.39, 0.29) is 12.4 Å². The first kappa shape index (κ1) is 12.7. The Morgan fingerprint density at radius 3 is 2.44 bits per heavy atom. The molecule has 0 fully saturated rings. The summed E-state index contributed by atoms with van der Waals surface area (Å²) in [5.41, 5.74) is 0.558. The van der Waals surface area contributed by atoms with Crippen LogP contribution in [-0.2, 0) is 6.18 Å². The lowest BCUT2D eigenvalue weighted by Crippen LogP contribution is -2.04. The van der Waals surface area contributed by atoms with Crippen molar-refractivity contribution >= 4 is 29.0 Å². The van der Waals surface area contributed by atoms with Gasteiger partial charge in [0, 0.05) is 23.6 Å². The van der Waals surface area contributed by atoms with Crippen LogP contribution < -0.4 is 5.32 Å². The Hall–Kier alpha value is -1.36. The largest absolute Gasteiger partial charge is 0.431 e. The van der Waals surface area contributed by atoms with Crippen LogP contribution >= 0.6 is 12.4 Å². The summed E-state index contributed by atoms with van der Waals surface area (Å²) in [5, 5.41) is 3.42. The molecule has 0 aliphatic carbocycles. The predicted molar refractivity (Wildman–Crippen MR) is 60.1 cm³/mol. The van der Waals surface area contributed by atoms with Gasteiger partial charge < -0.3 is 10.3 Å². The summed E-state index contributed by atoms with van der Waals surface area (Å²) < 4.78 is 37.1. The molecule has 2 rings (SSSR count). The van der Waals surface area contributed by atoms with E-state index in [1.165, 1.54) is 0 Å². The van der Waals surface area contributed by atoms with Gasteiger partial charge in [-0.25, -0.2) is 0 Å². The van der Waals surface area contributed by atoms with Crippen molar-refractivity contribution < 1.29 is 13.2 Å². The van der Waals surface area contributed by atoms with Gasteiger partial charge in [-0.2, -0.15) is 13.2 Å². The molecule has 0 aliphatic heterocycles. The summed E-state index contributed by atoms with van der Waals surface area (Å²) in [6, 6.07) is 6.12. The van der Waals surface area contributed by atoms with Crippen LogP contribution in [0.3, 0.4) is 0 Å². The number of hydrogen-bond donors (Lipinski definition) is 2. The molecule has 0 aliphatic rings. The fraction of sp³-hybridized carbons (Fsp3) is 0.200. The summed E-state index contributed by atoms with van der Waals surface area (Å²) in [7, 11) is 1.72. The molecule has 0 unspecified atom stereocenters. The van der Waals surface area contributed by atoms with Crippen molar-refractivity contribution in [1.29, 1.82) is 0 Å². The summed E-state index contributed by atoms with van der Waals surface area (Å²) in [4.78, 5) is 2.33. The molecule has 0 amide bonds. The Kier molecular flexibility index (Phi) is 3.38. The van der Waals surface area contributed by atoms with E-state index in [2.05, 4.69) is 10.3 Å². The number of aromatic nitrogens is 1. The van der Waals surface area contributed by atoms with Crippen molar-refractivity contribution in [2.75, 3.05) is 12.4 Å². The molecule has 0 bridgehead atoms. The maximum atomic E-state index is 12.4. The van der Waals surface area contributed by atoms with Crippen molar-refractivity contribution in [3.8, 4) is 0 Å². The molecule has 0 radical (unpaired) electrons. The van der Waals surface area contributed by atoms with Gasteiger partial charge in [0.1, 0.15) is 5.69 Å². The van der Waals surface area contributed by atoms with Crippen molar-refractivity contribution in [1.82, 2.24) is 4.98 Å². The molecule has 2 aromatic rings. The summed E-state index contributed by atoms with van der Waals surface area (Å²) in [6.45, 7) is 0. The standard InChI is InChI=1S/C10H9F3N2.ClH/c1-14-7-2-3-8-6(4-7)5-9(15-8)10(11,12)13;/h2-5,14-15H,1H3;1H. The van der Waals surface area contributed by atoms with Crippen LogP contribution in [0, 0.1) is 0 Å². The van der Waals surface area contributed by atoms with E-state index in [0.29, 0.717) is 10.9 Å². The second-order valence-electron chi connectivity index (χ2n) is 3.23. The topological polar surface area (TPSA) is 27.8 Å². The van der Waals surface area contributed by atoms with Gasteiger partial charge in [-0.15, -0.1) is 12.4 Å².